The fourth-order valence-electron chi connectivity index (χ4n) is 1.69. The van der Waals surface area contributed by atoms with Crippen LogP contribution < -0.4 is 10.2 Å². The summed E-state index contributed by atoms with van der Waals surface area (Å²) in [4.78, 5) is 11.1. The Labute approximate surface area is 97.1 Å². The first-order chi connectivity index (χ1) is 7.83. The predicted molar refractivity (Wildman–Crippen MR) is 65.5 cm³/mol. The lowest BCUT2D eigenvalue weighted by molar-refractivity contribution is 0.670. The average Bonchev–Trinajstić information content (AvgIpc) is 3.13. The van der Waals surface area contributed by atoms with Crippen LogP contribution in [0.15, 0.2) is 12.4 Å². The van der Waals surface area contributed by atoms with E-state index >= 15 is 0 Å². The smallest absolute Gasteiger partial charge is 0.147 e. The Kier molecular flexibility index (Phi) is 3.72. The van der Waals surface area contributed by atoms with Crippen molar-refractivity contribution in [2.75, 3.05) is 18.0 Å². The molecule has 4 heteroatoms. The van der Waals surface area contributed by atoms with E-state index in [1.807, 2.05) is 12.4 Å². The molecule has 4 nitrogen and oxygen atoms in total. The van der Waals surface area contributed by atoms with Gasteiger partial charge in [0.05, 0.1) is 18.1 Å². The lowest BCUT2D eigenvalue weighted by Crippen LogP contribution is -2.23. The topological polar surface area (TPSA) is 41.1 Å². The number of rotatable bonds is 6. The first kappa shape index (κ1) is 11.3. The molecule has 1 fully saturated rings. The zero-order valence-corrected chi connectivity index (χ0v) is 10.1. The van der Waals surface area contributed by atoms with Crippen molar-refractivity contribution in [1.82, 2.24) is 15.3 Å². The van der Waals surface area contributed by atoms with Crippen molar-refractivity contribution >= 4 is 5.82 Å². The summed E-state index contributed by atoms with van der Waals surface area (Å²) in [6.45, 7) is 7.06. The Balaban J connectivity index is 1.91. The van der Waals surface area contributed by atoms with Crippen molar-refractivity contribution in [3.05, 3.63) is 18.1 Å². The van der Waals surface area contributed by atoms with Gasteiger partial charge >= 0.3 is 0 Å². The van der Waals surface area contributed by atoms with E-state index in [9.17, 15) is 0 Å². The minimum absolute atomic E-state index is 0.726. The van der Waals surface area contributed by atoms with E-state index in [2.05, 4.69) is 34.0 Å². The van der Waals surface area contributed by atoms with Crippen molar-refractivity contribution in [2.45, 2.75) is 39.3 Å². The second-order valence-corrected chi connectivity index (χ2v) is 4.19. The highest BCUT2D eigenvalue weighted by Gasteiger charge is 2.20. The Morgan fingerprint density at radius 2 is 2.00 bits per heavy atom. The Morgan fingerprint density at radius 3 is 2.50 bits per heavy atom. The lowest BCUT2D eigenvalue weighted by Gasteiger charge is -2.19. The van der Waals surface area contributed by atoms with E-state index in [-0.39, 0.29) is 0 Å². The van der Waals surface area contributed by atoms with Crippen molar-refractivity contribution in [3.63, 3.8) is 0 Å². The molecule has 16 heavy (non-hydrogen) atoms. The van der Waals surface area contributed by atoms with Gasteiger partial charge < -0.3 is 10.2 Å². The number of anilines is 1. The second-order valence-electron chi connectivity index (χ2n) is 4.19. The summed E-state index contributed by atoms with van der Waals surface area (Å²) in [6, 6.07) is 0.726. The van der Waals surface area contributed by atoms with E-state index in [0.29, 0.717) is 0 Å². The lowest BCUT2D eigenvalue weighted by atomic mass is 10.4. The number of aromatic nitrogens is 2. The zero-order valence-electron chi connectivity index (χ0n) is 10.1. The number of hydrogen-bond acceptors (Lipinski definition) is 4. The van der Waals surface area contributed by atoms with Crippen LogP contribution in [-0.2, 0) is 6.54 Å². The van der Waals surface area contributed by atoms with Crippen LogP contribution in [-0.4, -0.2) is 29.1 Å². The summed E-state index contributed by atoms with van der Waals surface area (Å²) in [5, 5.41) is 3.43. The molecule has 0 amide bonds. The maximum Gasteiger partial charge on any atom is 0.147 e. The third-order valence-electron chi connectivity index (χ3n) is 2.93. The molecule has 0 unspecified atom stereocenters. The minimum atomic E-state index is 0.726. The normalized spacial score (nSPS) is 15.1. The molecule has 1 heterocycles. The molecule has 1 aromatic rings. The standard InChI is InChI=1S/C12H20N4/c1-3-16(4-2)12-9-14-11(8-15-12)7-13-10-5-6-10/h8-10,13H,3-7H2,1-2H3. The number of hydrogen-bond donors (Lipinski definition) is 1. The number of nitrogens with one attached hydrogen (secondary N) is 1. The highest BCUT2D eigenvalue weighted by atomic mass is 15.2. The molecule has 0 bridgehead atoms. The van der Waals surface area contributed by atoms with E-state index in [1.165, 1.54) is 12.8 Å². The molecule has 2 rings (SSSR count). The molecule has 0 radical (unpaired) electrons. The van der Waals surface area contributed by atoms with Crippen LogP contribution in [0.1, 0.15) is 32.4 Å². The molecule has 0 saturated heterocycles. The van der Waals surface area contributed by atoms with E-state index in [4.69, 9.17) is 0 Å². The van der Waals surface area contributed by atoms with E-state index in [1.54, 1.807) is 0 Å². The third-order valence-corrected chi connectivity index (χ3v) is 2.93. The van der Waals surface area contributed by atoms with Crippen molar-refractivity contribution in [3.8, 4) is 0 Å². The average molecular weight is 220 g/mol. The van der Waals surface area contributed by atoms with Gasteiger partial charge in [0, 0.05) is 25.7 Å². The molecule has 1 aliphatic carbocycles. The maximum absolute atomic E-state index is 4.44. The fourth-order valence-corrected chi connectivity index (χ4v) is 1.69. The highest BCUT2D eigenvalue weighted by molar-refractivity contribution is 5.35. The molecule has 0 aliphatic heterocycles. The van der Waals surface area contributed by atoms with Crippen LogP contribution in [0, 0.1) is 0 Å². The summed E-state index contributed by atoms with van der Waals surface area (Å²) in [6.07, 6.45) is 6.37. The Bertz CT molecular complexity index is 314. The van der Waals surface area contributed by atoms with E-state index in [0.717, 1.165) is 37.2 Å². The molecule has 0 aromatic carbocycles. The highest BCUT2D eigenvalue weighted by Crippen LogP contribution is 2.19. The van der Waals surface area contributed by atoms with Crippen LogP contribution >= 0.6 is 0 Å². The van der Waals surface area contributed by atoms with Gasteiger partial charge in [0.15, 0.2) is 0 Å². The van der Waals surface area contributed by atoms with Crippen molar-refractivity contribution < 1.29 is 0 Å². The summed E-state index contributed by atoms with van der Waals surface area (Å²) in [5.74, 6) is 0.972. The summed E-state index contributed by atoms with van der Waals surface area (Å²) in [7, 11) is 0. The molecule has 1 N–H and O–H groups in total. The largest absolute Gasteiger partial charge is 0.356 e. The Morgan fingerprint density at radius 1 is 1.25 bits per heavy atom. The van der Waals surface area contributed by atoms with Gasteiger partial charge in [-0.15, -0.1) is 0 Å². The molecular formula is C12H20N4. The van der Waals surface area contributed by atoms with Gasteiger partial charge in [-0.05, 0) is 26.7 Å². The molecule has 0 spiro atoms. The molecule has 1 aromatic heterocycles. The van der Waals surface area contributed by atoms with E-state index < -0.39 is 0 Å². The van der Waals surface area contributed by atoms with Gasteiger partial charge in [-0.2, -0.15) is 0 Å². The molecular weight excluding hydrogens is 200 g/mol. The molecule has 1 saturated carbocycles. The summed E-state index contributed by atoms with van der Waals surface area (Å²) >= 11 is 0. The van der Waals surface area contributed by atoms with Crippen LogP contribution in [0.4, 0.5) is 5.82 Å². The Hall–Kier alpha value is -1.16. The fraction of sp³-hybridized carbons (Fsp3) is 0.667. The first-order valence-electron chi connectivity index (χ1n) is 6.12. The van der Waals surface area contributed by atoms with Gasteiger partial charge in [0.1, 0.15) is 5.82 Å². The van der Waals surface area contributed by atoms with Gasteiger partial charge in [-0.3, -0.25) is 4.98 Å². The summed E-state index contributed by atoms with van der Waals surface area (Å²) < 4.78 is 0. The van der Waals surface area contributed by atoms with Gasteiger partial charge in [-0.1, -0.05) is 0 Å². The van der Waals surface area contributed by atoms with Crippen molar-refractivity contribution in [1.29, 1.82) is 0 Å². The second kappa shape index (κ2) is 5.25. The van der Waals surface area contributed by atoms with Crippen LogP contribution in [0.2, 0.25) is 0 Å². The zero-order chi connectivity index (χ0) is 11.4. The van der Waals surface area contributed by atoms with Crippen LogP contribution in [0.25, 0.3) is 0 Å². The maximum atomic E-state index is 4.44. The minimum Gasteiger partial charge on any atom is -0.356 e. The molecule has 1 aliphatic rings. The van der Waals surface area contributed by atoms with Crippen molar-refractivity contribution in [2.24, 2.45) is 0 Å². The molecule has 0 atom stereocenters. The third kappa shape index (κ3) is 2.92. The van der Waals surface area contributed by atoms with Crippen LogP contribution in [0.3, 0.4) is 0 Å². The predicted octanol–water partition coefficient (Wildman–Crippen LogP) is 1.57. The van der Waals surface area contributed by atoms with Crippen LogP contribution in [0.5, 0.6) is 0 Å². The first-order valence-corrected chi connectivity index (χ1v) is 6.12. The van der Waals surface area contributed by atoms with Gasteiger partial charge in [0.2, 0.25) is 0 Å². The SMILES string of the molecule is CCN(CC)c1cnc(CNC2CC2)cn1. The monoisotopic (exact) mass is 220 g/mol. The summed E-state index contributed by atoms with van der Waals surface area (Å²) in [5.41, 5.74) is 1.03. The van der Waals surface area contributed by atoms with Gasteiger partial charge in [-0.25, -0.2) is 4.98 Å². The molecule has 88 valence electrons. The quantitative estimate of drug-likeness (QED) is 0.790. The number of nitrogens with zero attached hydrogens (tertiary/aromatic N) is 3. The van der Waals surface area contributed by atoms with Gasteiger partial charge in [0.25, 0.3) is 0 Å².